The molecule has 0 aliphatic rings. The second kappa shape index (κ2) is 4.41. The van der Waals surface area contributed by atoms with Gasteiger partial charge in [0.05, 0.1) is 0 Å². The smallest absolute Gasteiger partial charge is 0.232 e. The standard InChI is InChI=1S/C14H12N4/c1-18(14-16-9-15-10-17-14)13-7-6-11-4-2-3-5-12(11)8-13/h2-10H,1H3. The summed E-state index contributed by atoms with van der Waals surface area (Å²) in [6.07, 6.45) is 3.00. The Kier molecular flexibility index (Phi) is 2.61. The number of rotatable bonds is 2. The van der Waals surface area contributed by atoms with E-state index in [0.717, 1.165) is 5.69 Å². The van der Waals surface area contributed by atoms with Crippen molar-refractivity contribution in [3.63, 3.8) is 0 Å². The normalized spacial score (nSPS) is 10.5. The predicted molar refractivity (Wildman–Crippen MR) is 71.8 cm³/mol. The first-order valence-corrected chi connectivity index (χ1v) is 5.69. The van der Waals surface area contributed by atoms with Crippen molar-refractivity contribution in [2.24, 2.45) is 0 Å². The molecule has 1 aromatic heterocycles. The Labute approximate surface area is 105 Å². The summed E-state index contributed by atoms with van der Waals surface area (Å²) in [6.45, 7) is 0. The summed E-state index contributed by atoms with van der Waals surface area (Å²) >= 11 is 0. The first kappa shape index (κ1) is 10.7. The molecule has 1 heterocycles. The van der Waals surface area contributed by atoms with Gasteiger partial charge in [-0.15, -0.1) is 0 Å². The Balaban J connectivity index is 2.04. The van der Waals surface area contributed by atoms with E-state index in [4.69, 9.17) is 0 Å². The van der Waals surface area contributed by atoms with E-state index in [1.54, 1.807) is 0 Å². The summed E-state index contributed by atoms with van der Waals surface area (Å²) in [7, 11) is 1.94. The number of fused-ring (bicyclic) bond motifs is 1. The molecule has 0 aliphatic heterocycles. The van der Waals surface area contributed by atoms with Gasteiger partial charge in [0.1, 0.15) is 12.7 Å². The van der Waals surface area contributed by atoms with Gasteiger partial charge in [-0.1, -0.05) is 30.3 Å². The minimum absolute atomic E-state index is 0.639. The zero-order valence-electron chi connectivity index (χ0n) is 9.99. The summed E-state index contributed by atoms with van der Waals surface area (Å²) in [4.78, 5) is 14.0. The fourth-order valence-electron chi connectivity index (χ4n) is 1.91. The molecule has 0 spiro atoms. The molecule has 4 heteroatoms. The highest BCUT2D eigenvalue weighted by Crippen LogP contribution is 2.24. The lowest BCUT2D eigenvalue weighted by atomic mass is 10.1. The van der Waals surface area contributed by atoms with Crippen LogP contribution in [-0.4, -0.2) is 22.0 Å². The van der Waals surface area contributed by atoms with Crippen molar-refractivity contribution in [1.82, 2.24) is 15.0 Å². The van der Waals surface area contributed by atoms with E-state index in [9.17, 15) is 0 Å². The van der Waals surface area contributed by atoms with E-state index in [1.165, 1.54) is 23.4 Å². The molecular formula is C14H12N4. The van der Waals surface area contributed by atoms with Crippen LogP contribution in [0.2, 0.25) is 0 Å². The van der Waals surface area contributed by atoms with Gasteiger partial charge in [-0.2, -0.15) is 0 Å². The molecule has 0 saturated carbocycles. The van der Waals surface area contributed by atoms with Gasteiger partial charge in [0.25, 0.3) is 0 Å². The van der Waals surface area contributed by atoms with Crippen LogP contribution in [0.25, 0.3) is 10.8 Å². The number of hydrogen-bond acceptors (Lipinski definition) is 4. The Morgan fingerprint density at radius 1 is 0.889 bits per heavy atom. The van der Waals surface area contributed by atoms with Gasteiger partial charge in [0.2, 0.25) is 5.95 Å². The zero-order valence-corrected chi connectivity index (χ0v) is 9.99. The molecular weight excluding hydrogens is 224 g/mol. The zero-order chi connectivity index (χ0) is 12.4. The molecule has 0 radical (unpaired) electrons. The van der Waals surface area contributed by atoms with Gasteiger partial charge in [-0.3, -0.25) is 0 Å². The molecule has 0 saturated heterocycles. The van der Waals surface area contributed by atoms with Crippen molar-refractivity contribution in [3.8, 4) is 0 Å². The monoisotopic (exact) mass is 236 g/mol. The lowest BCUT2D eigenvalue weighted by Gasteiger charge is -2.16. The van der Waals surface area contributed by atoms with Crippen molar-refractivity contribution in [1.29, 1.82) is 0 Å². The SMILES string of the molecule is CN(c1ccc2ccccc2c1)c1ncncn1. The van der Waals surface area contributed by atoms with E-state index in [0.29, 0.717) is 5.95 Å². The molecule has 18 heavy (non-hydrogen) atoms. The quantitative estimate of drug-likeness (QED) is 0.686. The highest BCUT2D eigenvalue weighted by molar-refractivity contribution is 5.86. The van der Waals surface area contributed by atoms with Crippen molar-refractivity contribution in [3.05, 3.63) is 55.1 Å². The summed E-state index contributed by atoms with van der Waals surface area (Å²) in [5.41, 5.74) is 1.06. The van der Waals surface area contributed by atoms with Crippen LogP contribution in [0.3, 0.4) is 0 Å². The number of nitrogens with zero attached hydrogens (tertiary/aromatic N) is 4. The summed E-state index contributed by atoms with van der Waals surface area (Å²) in [5.74, 6) is 0.639. The lowest BCUT2D eigenvalue weighted by Crippen LogP contribution is -2.12. The molecule has 4 nitrogen and oxygen atoms in total. The Bertz CT molecular complexity index is 667. The van der Waals surface area contributed by atoms with Crippen LogP contribution in [0.15, 0.2) is 55.1 Å². The maximum absolute atomic E-state index is 4.14. The van der Waals surface area contributed by atoms with E-state index < -0.39 is 0 Å². The molecule has 2 aromatic carbocycles. The number of benzene rings is 2. The van der Waals surface area contributed by atoms with Crippen molar-refractivity contribution < 1.29 is 0 Å². The molecule has 0 amide bonds. The van der Waals surface area contributed by atoms with Crippen LogP contribution >= 0.6 is 0 Å². The number of anilines is 2. The first-order chi connectivity index (χ1) is 8.84. The Hall–Kier alpha value is -2.49. The van der Waals surface area contributed by atoms with Gasteiger partial charge < -0.3 is 4.90 Å². The maximum Gasteiger partial charge on any atom is 0.232 e. The third-order valence-electron chi connectivity index (χ3n) is 2.90. The predicted octanol–water partition coefficient (Wildman–Crippen LogP) is 2.79. The van der Waals surface area contributed by atoms with E-state index in [-0.39, 0.29) is 0 Å². The average molecular weight is 236 g/mol. The molecule has 88 valence electrons. The minimum Gasteiger partial charge on any atom is -0.314 e. The summed E-state index contributed by atoms with van der Waals surface area (Å²) in [6, 6.07) is 14.6. The maximum atomic E-state index is 4.14. The minimum atomic E-state index is 0.639. The number of aromatic nitrogens is 3. The fourth-order valence-corrected chi connectivity index (χ4v) is 1.91. The third-order valence-corrected chi connectivity index (χ3v) is 2.90. The molecule has 3 rings (SSSR count). The second-order valence-electron chi connectivity index (χ2n) is 4.03. The highest BCUT2D eigenvalue weighted by Gasteiger charge is 2.06. The molecule has 0 aliphatic carbocycles. The summed E-state index contributed by atoms with van der Waals surface area (Å²) in [5, 5.41) is 2.43. The van der Waals surface area contributed by atoms with E-state index in [2.05, 4.69) is 45.3 Å². The molecule has 0 unspecified atom stereocenters. The van der Waals surface area contributed by atoms with Crippen LogP contribution in [-0.2, 0) is 0 Å². The van der Waals surface area contributed by atoms with Crippen molar-refractivity contribution >= 4 is 22.4 Å². The molecule has 0 fully saturated rings. The van der Waals surface area contributed by atoms with Gasteiger partial charge in [-0.25, -0.2) is 15.0 Å². The Morgan fingerprint density at radius 3 is 2.39 bits per heavy atom. The first-order valence-electron chi connectivity index (χ1n) is 5.69. The topological polar surface area (TPSA) is 41.9 Å². The van der Waals surface area contributed by atoms with Gasteiger partial charge in [0.15, 0.2) is 0 Å². The molecule has 0 bridgehead atoms. The van der Waals surface area contributed by atoms with Crippen LogP contribution < -0.4 is 4.90 Å². The molecule has 0 N–H and O–H groups in total. The second-order valence-corrected chi connectivity index (χ2v) is 4.03. The largest absolute Gasteiger partial charge is 0.314 e. The number of hydrogen-bond donors (Lipinski definition) is 0. The van der Waals surface area contributed by atoms with Crippen LogP contribution in [0.4, 0.5) is 11.6 Å². The van der Waals surface area contributed by atoms with Crippen molar-refractivity contribution in [2.45, 2.75) is 0 Å². The van der Waals surface area contributed by atoms with Crippen molar-refractivity contribution in [2.75, 3.05) is 11.9 Å². The molecule has 0 atom stereocenters. The Morgan fingerprint density at radius 2 is 1.61 bits per heavy atom. The van der Waals surface area contributed by atoms with Crippen LogP contribution in [0.1, 0.15) is 0 Å². The van der Waals surface area contributed by atoms with Gasteiger partial charge >= 0.3 is 0 Å². The average Bonchev–Trinajstić information content (AvgIpc) is 2.47. The highest BCUT2D eigenvalue weighted by atomic mass is 15.2. The van der Waals surface area contributed by atoms with Crippen LogP contribution in [0, 0.1) is 0 Å². The van der Waals surface area contributed by atoms with Gasteiger partial charge in [0, 0.05) is 12.7 Å². The molecule has 3 aromatic rings. The third kappa shape index (κ3) is 1.88. The lowest BCUT2D eigenvalue weighted by molar-refractivity contribution is 0.985. The summed E-state index contributed by atoms with van der Waals surface area (Å²) < 4.78 is 0. The van der Waals surface area contributed by atoms with E-state index in [1.807, 2.05) is 24.1 Å². The van der Waals surface area contributed by atoms with Gasteiger partial charge in [-0.05, 0) is 22.9 Å². The van der Waals surface area contributed by atoms with Crippen LogP contribution in [0.5, 0.6) is 0 Å². The fraction of sp³-hybridized carbons (Fsp3) is 0.0714. The van der Waals surface area contributed by atoms with E-state index >= 15 is 0 Å².